The van der Waals surface area contributed by atoms with Gasteiger partial charge < -0.3 is 15.3 Å². The number of amidine groups is 1. The van der Waals surface area contributed by atoms with Crippen LogP contribution in [0.25, 0.3) is 5.70 Å². The van der Waals surface area contributed by atoms with Gasteiger partial charge in [0.05, 0.1) is 21.6 Å². The molecule has 0 atom stereocenters. The summed E-state index contributed by atoms with van der Waals surface area (Å²) in [4.78, 5) is 6.99. The number of sulfonamides is 1. The molecule has 1 aliphatic rings. The maximum Gasteiger partial charge on any atom is 0.240 e. The van der Waals surface area contributed by atoms with Gasteiger partial charge in [0.2, 0.25) is 10.0 Å². The lowest BCUT2D eigenvalue weighted by Crippen LogP contribution is -2.37. The van der Waals surface area contributed by atoms with Crippen molar-refractivity contribution in [1.29, 1.82) is 0 Å². The monoisotopic (exact) mass is 606 g/mol. The van der Waals surface area contributed by atoms with Crippen LogP contribution < -0.4 is 10.0 Å². The predicted octanol–water partition coefficient (Wildman–Crippen LogP) is 5.66. The Morgan fingerprint density at radius 2 is 1.79 bits per heavy atom. The number of benzene rings is 3. The molecule has 0 radical (unpaired) electrons. The highest BCUT2D eigenvalue weighted by molar-refractivity contribution is 9.11. The van der Waals surface area contributed by atoms with Gasteiger partial charge in [0.25, 0.3) is 0 Å². The van der Waals surface area contributed by atoms with Crippen molar-refractivity contribution in [2.75, 3.05) is 7.05 Å². The van der Waals surface area contributed by atoms with Gasteiger partial charge in [0.1, 0.15) is 17.4 Å². The number of aliphatic imine (C=N–C) groups is 1. The number of aromatic hydroxyl groups is 1. The number of hydrogen-bond acceptors (Lipinski definition) is 5. The maximum atomic E-state index is 12.8. The van der Waals surface area contributed by atoms with E-state index in [0.29, 0.717) is 23.6 Å². The number of nitrogens with zero attached hydrogens (tertiary/aromatic N) is 2. The molecule has 0 aromatic heterocycles. The second-order valence-electron chi connectivity index (χ2n) is 8.98. The molecule has 202 valence electrons. The number of phenolic OH excluding ortho intramolecular Hbond substituents is 1. The number of phenols is 1. The number of halogens is 1. The highest BCUT2D eigenvalue weighted by Gasteiger charge is 2.22. The van der Waals surface area contributed by atoms with E-state index in [4.69, 9.17) is 4.99 Å². The minimum Gasteiger partial charge on any atom is -0.507 e. The molecular weight excluding hydrogens is 576 g/mol. The lowest BCUT2D eigenvalue weighted by molar-refractivity contribution is 0.472. The van der Waals surface area contributed by atoms with E-state index in [1.807, 2.05) is 73.5 Å². The number of para-hydroxylation sites is 1. The summed E-state index contributed by atoms with van der Waals surface area (Å²) < 4.78 is 28.9. The lowest BCUT2D eigenvalue weighted by atomic mass is 10.1. The van der Waals surface area contributed by atoms with Gasteiger partial charge in [-0.3, -0.25) is 4.99 Å². The Kier molecular flexibility index (Phi) is 9.06. The SMILES string of the molecule is C=C/C(Br)=C1/NC(c2ccccc2O)=CC(=NCc2cccc(CNS(=O)(=O)c3ccc(CC)cc3)c2)N1C. The van der Waals surface area contributed by atoms with Crippen molar-refractivity contribution in [2.24, 2.45) is 4.99 Å². The van der Waals surface area contributed by atoms with Crippen LogP contribution >= 0.6 is 15.9 Å². The Morgan fingerprint density at radius 3 is 2.49 bits per heavy atom. The van der Waals surface area contributed by atoms with E-state index in [1.165, 1.54) is 0 Å². The van der Waals surface area contributed by atoms with E-state index < -0.39 is 10.0 Å². The molecule has 0 amide bonds. The first-order chi connectivity index (χ1) is 18.7. The van der Waals surface area contributed by atoms with Crippen LogP contribution in [0.4, 0.5) is 0 Å². The van der Waals surface area contributed by atoms with Crippen LogP contribution in [0.15, 0.2) is 112 Å². The van der Waals surface area contributed by atoms with E-state index in [9.17, 15) is 13.5 Å². The summed E-state index contributed by atoms with van der Waals surface area (Å²) >= 11 is 3.54. The summed E-state index contributed by atoms with van der Waals surface area (Å²) in [5.41, 5.74) is 4.21. The molecule has 0 fully saturated rings. The van der Waals surface area contributed by atoms with Crippen molar-refractivity contribution >= 4 is 37.5 Å². The Morgan fingerprint density at radius 1 is 1.08 bits per heavy atom. The van der Waals surface area contributed by atoms with Crippen molar-refractivity contribution in [3.05, 3.63) is 124 Å². The molecular formula is C30H31BrN4O3S. The van der Waals surface area contributed by atoms with E-state index in [0.717, 1.165) is 33.4 Å². The van der Waals surface area contributed by atoms with Crippen molar-refractivity contribution in [1.82, 2.24) is 14.9 Å². The topological polar surface area (TPSA) is 94.0 Å². The minimum atomic E-state index is -3.62. The maximum absolute atomic E-state index is 12.8. The standard InChI is InChI=1S/C30H31BrN4O3S/c1-4-21-13-15-24(16-14-21)39(37,38)33-20-23-10-8-9-22(17-23)19-32-29-18-27(25-11-6-7-12-28(25)36)34-30(35(29)3)26(31)5-2/h5-18,33-34,36H,2,4,19-20H2,1,3H3/b30-26+,32-29?. The van der Waals surface area contributed by atoms with Crippen molar-refractivity contribution in [2.45, 2.75) is 31.3 Å². The number of likely N-dealkylation sites (N-methyl/N-ethyl adjacent to an activating group) is 1. The zero-order valence-corrected chi connectivity index (χ0v) is 24.3. The first-order valence-corrected chi connectivity index (χ1v) is 14.7. The van der Waals surface area contributed by atoms with Gasteiger partial charge in [-0.2, -0.15) is 0 Å². The third-order valence-electron chi connectivity index (χ3n) is 6.33. The Labute approximate surface area is 238 Å². The van der Waals surface area contributed by atoms with E-state index >= 15 is 0 Å². The van der Waals surface area contributed by atoms with Crippen LogP contribution in [-0.4, -0.2) is 31.3 Å². The fourth-order valence-electron chi connectivity index (χ4n) is 4.08. The molecule has 0 aliphatic carbocycles. The molecule has 4 rings (SSSR count). The molecule has 0 unspecified atom stereocenters. The van der Waals surface area contributed by atoms with Gasteiger partial charge in [0.15, 0.2) is 0 Å². The molecule has 0 bridgehead atoms. The van der Waals surface area contributed by atoms with Crippen molar-refractivity contribution in [3.8, 4) is 5.75 Å². The van der Waals surface area contributed by atoms with Crippen LogP contribution in [0.2, 0.25) is 0 Å². The summed E-state index contributed by atoms with van der Waals surface area (Å²) in [6.07, 6.45) is 4.42. The molecule has 0 spiro atoms. The highest BCUT2D eigenvalue weighted by atomic mass is 79.9. The van der Waals surface area contributed by atoms with E-state index in [2.05, 4.69) is 32.5 Å². The smallest absolute Gasteiger partial charge is 0.240 e. The number of nitrogens with one attached hydrogen (secondary N) is 2. The molecule has 3 aromatic carbocycles. The summed E-state index contributed by atoms with van der Waals surface area (Å²) in [6, 6.07) is 21.7. The van der Waals surface area contributed by atoms with Gasteiger partial charge in [-0.15, -0.1) is 0 Å². The van der Waals surface area contributed by atoms with Crippen LogP contribution in [-0.2, 0) is 29.5 Å². The zero-order valence-electron chi connectivity index (χ0n) is 21.9. The highest BCUT2D eigenvalue weighted by Crippen LogP contribution is 2.29. The number of hydrogen-bond donors (Lipinski definition) is 3. The quantitative estimate of drug-likeness (QED) is 0.292. The third kappa shape index (κ3) is 6.86. The van der Waals surface area contributed by atoms with Gasteiger partial charge >= 0.3 is 0 Å². The largest absolute Gasteiger partial charge is 0.507 e. The Hall–Kier alpha value is -3.66. The lowest BCUT2D eigenvalue weighted by Gasteiger charge is -2.31. The first-order valence-electron chi connectivity index (χ1n) is 12.5. The van der Waals surface area contributed by atoms with Crippen molar-refractivity contribution in [3.63, 3.8) is 0 Å². The Bertz CT molecular complexity index is 1560. The van der Waals surface area contributed by atoms with Crippen LogP contribution in [0.1, 0.15) is 29.2 Å². The second kappa shape index (κ2) is 12.5. The van der Waals surface area contributed by atoms with E-state index in [-0.39, 0.29) is 17.2 Å². The molecule has 9 heteroatoms. The summed E-state index contributed by atoms with van der Waals surface area (Å²) in [5.74, 6) is 1.58. The Balaban J connectivity index is 1.54. The molecule has 3 N–H and O–H groups in total. The van der Waals surface area contributed by atoms with Crippen LogP contribution in [0.3, 0.4) is 0 Å². The minimum absolute atomic E-state index is 0.158. The molecule has 1 aliphatic heterocycles. The number of allylic oxidation sites excluding steroid dienone is 2. The average Bonchev–Trinajstić information content (AvgIpc) is 2.96. The van der Waals surface area contributed by atoms with Crippen LogP contribution in [0.5, 0.6) is 5.75 Å². The molecule has 7 nitrogen and oxygen atoms in total. The zero-order chi connectivity index (χ0) is 28.0. The number of aryl methyl sites for hydroxylation is 1. The van der Waals surface area contributed by atoms with E-state index in [1.54, 1.807) is 30.3 Å². The molecule has 3 aromatic rings. The fourth-order valence-corrected chi connectivity index (χ4v) is 5.46. The van der Waals surface area contributed by atoms with Gasteiger partial charge in [-0.05, 0) is 63.3 Å². The van der Waals surface area contributed by atoms with Crippen LogP contribution in [0, 0.1) is 0 Å². The van der Waals surface area contributed by atoms with Gasteiger partial charge in [-0.1, -0.05) is 68.1 Å². The first kappa shape index (κ1) is 28.4. The second-order valence-corrected chi connectivity index (χ2v) is 11.6. The summed E-state index contributed by atoms with van der Waals surface area (Å²) in [7, 11) is -1.73. The molecule has 1 heterocycles. The fraction of sp³-hybridized carbons (Fsp3) is 0.167. The third-order valence-corrected chi connectivity index (χ3v) is 8.44. The normalized spacial score (nSPS) is 16.0. The average molecular weight is 608 g/mol. The predicted molar refractivity (Wildman–Crippen MR) is 161 cm³/mol. The van der Waals surface area contributed by atoms with Crippen molar-refractivity contribution < 1.29 is 13.5 Å². The van der Waals surface area contributed by atoms with Gasteiger partial charge in [-0.25, -0.2) is 13.1 Å². The number of rotatable bonds is 9. The molecule has 0 saturated carbocycles. The molecule has 0 saturated heterocycles. The summed E-state index contributed by atoms with van der Waals surface area (Å²) in [6.45, 7) is 6.42. The summed E-state index contributed by atoms with van der Waals surface area (Å²) in [5, 5.41) is 13.7. The molecule has 39 heavy (non-hydrogen) atoms. The van der Waals surface area contributed by atoms with Gasteiger partial charge in [0, 0.05) is 25.2 Å².